The molecule has 0 fully saturated rings. The second-order valence-electron chi connectivity index (χ2n) is 7.52. The highest BCUT2D eigenvalue weighted by molar-refractivity contribution is 7.99. The molecule has 3 aromatic rings. The van der Waals surface area contributed by atoms with Gasteiger partial charge in [0, 0.05) is 16.4 Å². The largest absolute Gasteiger partial charge is 0.471 e. The number of carbonyl (C=O) groups excluding carboxylic acids is 1. The summed E-state index contributed by atoms with van der Waals surface area (Å²) in [5.41, 5.74) is 2.23. The minimum absolute atomic E-state index is 0.308. The molecule has 3 nitrogen and oxygen atoms in total. The standard InChI is InChI=1S/C26H26O3S/c1-3-28-25(27)26(2,20-9-5-4-6-10-20)29-21-15-13-19(14-16-21)22-17-18-30-24-12-8-7-11-23(22)24/h4-16,22H,3,17-18H2,1-2H3. The van der Waals surface area contributed by atoms with E-state index in [1.54, 1.807) is 13.8 Å². The molecule has 2 unspecified atom stereocenters. The van der Waals surface area contributed by atoms with Gasteiger partial charge >= 0.3 is 5.97 Å². The van der Waals surface area contributed by atoms with Crippen LogP contribution >= 0.6 is 11.8 Å². The third-order valence-electron chi connectivity index (χ3n) is 5.55. The van der Waals surface area contributed by atoms with Crippen molar-refractivity contribution in [1.82, 2.24) is 0 Å². The van der Waals surface area contributed by atoms with E-state index >= 15 is 0 Å². The second kappa shape index (κ2) is 8.97. The van der Waals surface area contributed by atoms with Gasteiger partial charge in [0.1, 0.15) is 5.75 Å². The molecule has 1 aliphatic heterocycles. The number of carbonyl (C=O) groups is 1. The average Bonchev–Trinajstić information content (AvgIpc) is 2.80. The van der Waals surface area contributed by atoms with Crippen LogP contribution in [0.2, 0.25) is 0 Å². The van der Waals surface area contributed by atoms with Crippen molar-refractivity contribution in [1.29, 1.82) is 0 Å². The fourth-order valence-electron chi connectivity index (χ4n) is 3.94. The number of ether oxygens (including phenoxy) is 2. The van der Waals surface area contributed by atoms with Crippen LogP contribution in [0.5, 0.6) is 5.75 Å². The number of hydrogen-bond donors (Lipinski definition) is 0. The third kappa shape index (κ3) is 4.10. The Hall–Kier alpha value is -2.72. The molecule has 0 aliphatic carbocycles. The van der Waals surface area contributed by atoms with E-state index in [2.05, 4.69) is 36.4 Å². The van der Waals surface area contributed by atoms with Crippen molar-refractivity contribution >= 4 is 17.7 Å². The maximum Gasteiger partial charge on any atom is 0.354 e. The van der Waals surface area contributed by atoms with Gasteiger partial charge in [0.05, 0.1) is 6.61 Å². The van der Waals surface area contributed by atoms with Gasteiger partial charge in [-0.05, 0) is 55.3 Å². The Balaban J connectivity index is 1.60. The summed E-state index contributed by atoms with van der Waals surface area (Å²) in [4.78, 5) is 14.1. The Morgan fingerprint density at radius 1 is 1.00 bits per heavy atom. The lowest BCUT2D eigenvalue weighted by Gasteiger charge is -2.29. The number of esters is 1. The minimum Gasteiger partial charge on any atom is -0.471 e. The van der Waals surface area contributed by atoms with Crippen molar-refractivity contribution in [2.24, 2.45) is 0 Å². The Morgan fingerprint density at radius 3 is 2.43 bits per heavy atom. The molecule has 30 heavy (non-hydrogen) atoms. The number of rotatable bonds is 6. The predicted molar refractivity (Wildman–Crippen MR) is 121 cm³/mol. The van der Waals surface area contributed by atoms with Crippen molar-refractivity contribution < 1.29 is 14.3 Å². The van der Waals surface area contributed by atoms with Crippen LogP contribution in [0, 0.1) is 0 Å². The van der Waals surface area contributed by atoms with Crippen molar-refractivity contribution in [2.75, 3.05) is 12.4 Å². The molecule has 0 saturated heterocycles. The van der Waals surface area contributed by atoms with Crippen molar-refractivity contribution in [2.45, 2.75) is 36.7 Å². The van der Waals surface area contributed by atoms with Crippen molar-refractivity contribution in [3.05, 3.63) is 95.6 Å². The quantitative estimate of drug-likeness (QED) is 0.448. The summed E-state index contributed by atoms with van der Waals surface area (Å²) in [6.07, 6.45) is 1.12. The van der Waals surface area contributed by atoms with Gasteiger partial charge in [-0.1, -0.05) is 60.7 Å². The summed E-state index contributed by atoms with van der Waals surface area (Å²) < 4.78 is 11.6. The molecule has 4 rings (SSSR count). The summed E-state index contributed by atoms with van der Waals surface area (Å²) in [7, 11) is 0. The lowest BCUT2D eigenvalue weighted by molar-refractivity contribution is -0.161. The van der Waals surface area contributed by atoms with Gasteiger partial charge in [0.15, 0.2) is 0 Å². The number of benzene rings is 3. The first-order valence-corrected chi connectivity index (χ1v) is 11.3. The van der Waals surface area contributed by atoms with E-state index in [0.717, 1.165) is 17.7 Å². The maximum absolute atomic E-state index is 12.8. The van der Waals surface area contributed by atoms with Crippen LogP contribution in [-0.4, -0.2) is 18.3 Å². The maximum atomic E-state index is 12.8. The van der Waals surface area contributed by atoms with Crippen LogP contribution in [0.1, 0.15) is 42.9 Å². The summed E-state index contributed by atoms with van der Waals surface area (Å²) in [5, 5.41) is 0. The van der Waals surface area contributed by atoms with Crippen LogP contribution in [0.3, 0.4) is 0 Å². The van der Waals surface area contributed by atoms with E-state index in [9.17, 15) is 4.79 Å². The van der Waals surface area contributed by atoms with E-state index in [0.29, 0.717) is 18.3 Å². The zero-order valence-corrected chi connectivity index (χ0v) is 18.2. The molecule has 1 heterocycles. The van der Waals surface area contributed by atoms with Crippen LogP contribution in [0.25, 0.3) is 0 Å². The first-order chi connectivity index (χ1) is 14.6. The van der Waals surface area contributed by atoms with Gasteiger partial charge in [-0.3, -0.25) is 0 Å². The molecule has 0 aromatic heterocycles. The lowest BCUT2D eigenvalue weighted by Crippen LogP contribution is -2.40. The average molecular weight is 419 g/mol. The monoisotopic (exact) mass is 418 g/mol. The van der Waals surface area contributed by atoms with Crippen LogP contribution in [0.4, 0.5) is 0 Å². The SMILES string of the molecule is CCOC(=O)C(C)(Oc1ccc(C2CCSc3ccccc32)cc1)c1ccccc1. The fourth-order valence-corrected chi connectivity index (χ4v) is 5.06. The molecule has 2 atom stereocenters. The highest BCUT2D eigenvalue weighted by Gasteiger charge is 2.39. The molecule has 1 aliphatic rings. The molecule has 0 spiro atoms. The lowest BCUT2D eigenvalue weighted by atomic mass is 9.88. The molecule has 154 valence electrons. The number of thioether (sulfide) groups is 1. The Kier molecular flexibility index (Phi) is 6.14. The van der Waals surface area contributed by atoms with E-state index in [4.69, 9.17) is 9.47 Å². The zero-order chi connectivity index (χ0) is 21.0. The topological polar surface area (TPSA) is 35.5 Å². The van der Waals surface area contributed by atoms with E-state index in [-0.39, 0.29) is 0 Å². The van der Waals surface area contributed by atoms with Gasteiger partial charge in [-0.2, -0.15) is 0 Å². The first kappa shape index (κ1) is 20.5. The number of hydrogen-bond acceptors (Lipinski definition) is 4. The molecule has 0 radical (unpaired) electrons. The van der Waals surface area contributed by atoms with E-state index in [1.807, 2.05) is 54.2 Å². The molecule has 0 bridgehead atoms. The molecular weight excluding hydrogens is 392 g/mol. The summed E-state index contributed by atoms with van der Waals surface area (Å²) in [5.74, 6) is 1.77. The van der Waals surface area contributed by atoms with Gasteiger partial charge in [0.25, 0.3) is 0 Å². The van der Waals surface area contributed by atoms with Crippen LogP contribution in [0.15, 0.2) is 83.8 Å². The minimum atomic E-state index is -1.20. The highest BCUT2D eigenvalue weighted by atomic mass is 32.2. The molecule has 0 amide bonds. The van der Waals surface area contributed by atoms with Crippen molar-refractivity contribution in [3.8, 4) is 5.75 Å². The molecule has 4 heteroatoms. The Morgan fingerprint density at radius 2 is 1.70 bits per heavy atom. The van der Waals surface area contributed by atoms with Gasteiger partial charge in [-0.25, -0.2) is 4.79 Å². The summed E-state index contributed by atoms with van der Waals surface area (Å²) in [6.45, 7) is 3.88. The highest BCUT2D eigenvalue weighted by Crippen LogP contribution is 2.41. The van der Waals surface area contributed by atoms with E-state index < -0.39 is 11.6 Å². The normalized spacial score (nSPS) is 17.5. The molecule has 3 aromatic carbocycles. The third-order valence-corrected chi connectivity index (χ3v) is 6.68. The fraction of sp³-hybridized carbons (Fsp3) is 0.269. The second-order valence-corrected chi connectivity index (χ2v) is 8.66. The Bertz CT molecular complexity index is 1000. The molecular formula is C26H26O3S. The molecule has 0 N–H and O–H groups in total. The smallest absolute Gasteiger partial charge is 0.354 e. The van der Waals surface area contributed by atoms with Gasteiger partial charge in [-0.15, -0.1) is 11.8 Å². The van der Waals surface area contributed by atoms with Crippen molar-refractivity contribution in [3.63, 3.8) is 0 Å². The van der Waals surface area contributed by atoms with E-state index in [1.165, 1.54) is 16.0 Å². The van der Waals surface area contributed by atoms with Gasteiger partial charge < -0.3 is 9.47 Å². The predicted octanol–water partition coefficient (Wildman–Crippen LogP) is 6.17. The Labute approximate surface area is 182 Å². The van der Waals surface area contributed by atoms with Crippen LogP contribution < -0.4 is 4.74 Å². The van der Waals surface area contributed by atoms with Gasteiger partial charge in [0.2, 0.25) is 5.60 Å². The molecule has 0 saturated carbocycles. The van der Waals surface area contributed by atoms with Crippen LogP contribution in [-0.2, 0) is 15.1 Å². The summed E-state index contributed by atoms with van der Waals surface area (Å²) in [6, 6.07) is 26.3. The number of fused-ring (bicyclic) bond motifs is 1. The zero-order valence-electron chi connectivity index (χ0n) is 17.3. The first-order valence-electron chi connectivity index (χ1n) is 10.4. The summed E-state index contributed by atoms with van der Waals surface area (Å²) >= 11 is 1.93.